The van der Waals surface area contributed by atoms with E-state index < -0.39 is 0 Å². The minimum Gasteiger partial charge on any atom is -0.365 e. The van der Waals surface area contributed by atoms with Gasteiger partial charge in [0, 0.05) is 47.3 Å². The monoisotopic (exact) mass is 566 g/mol. The minimum absolute atomic E-state index is 0.165. The van der Waals surface area contributed by atoms with E-state index in [1.54, 1.807) is 0 Å². The van der Waals surface area contributed by atoms with Gasteiger partial charge in [0.05, 0.1) is 24.4 Å². The van der Waals surface area contributed by atoms with Crippen molar-refractivity contribution in [2.45, 2.75) is 48.1 Å². The Morgan fingerprint density at radius 1 is 0.273 bits per heavy atom. The van der Waals surface area contributed by atoms with Gasteiger partial charge in [-0.15, -0.1) is 0 Å². The third-order valence-electron chi connectivity index (χ3n) is 13.6. The van der Waals surface area contributed by atoms with Crippen molar-refractivity contribution in [1.82, 2.24) is 0 Å². The topological polar surface area (TPSA) is 18.5 Å². The van der Waals surface area contributed by atoms with Gasteiger partial charge in [-0.2, -0.15) is 0 Å². The molecule has 2 heteroatoms. The average molecular weight is 567 g/mol. The summed E-state index contributed by atoms with van der Waals surface area (Å²) in [4.78, 5) is 0. The molecule has 8 unspecified atom stereocenters. The lowest BCUT2D eigenvalue weighted by Crippen LogP contribution is -2.43. The Balaban J connectivity index is 0.979. The minimum atomic E-state index is 0.165. The van der Waals surface area contributed by atoms with Gasteiger partial charge < -0.3 is 9.47 Å². The third kappa shape index (κ3) is 2.25. The van der Waals surface area contributed by atoms with E-state index in [9.17, 15) is 0 Å². The predicted octanol–water partition coefficient (Wildman–Crippen LogP) is 8.99. The molecule has 0 aromatic heterocycles. The predicted molar refractivity (Wildman–Crippen MR) is 167 cm³/mol. The molecule has 0 spiro atoms. The molecule has 210 valence electrons. The Kier molecular flexibility index (Phi) is 3.73. The van der Waals surface area contributed by atoms with Crippen LogP contribution in [0.2, 0.25) is 0 Å². The summed E-state index contributed by atoms with van der Waals surface area (Å²) in [6.45, 7) is 0. The molecule has 2 nitrogen and oxygen atoms in total. The summed E-state index contributed by atoms with van der Waals surface area (Å²) in [6, 6.07) is 42.3. The molecule has 8 atom stereocenters. The Morgan fingerprint density at radius 2 is 0.477 bits per heavy atom. The second-order valence-corrected chi connectivity index (χ2v) is 14.8. The van der Waals surface area contributed by atoms with E-state index in [2.05, 4.69) is 109 Å². The molecule has 44 heavy (non-hydrogen) atoms. The second-order valence-electron chi connectivity index (χ2n) is 14.8. The largest absolute Gasteiger partial charge is 0.365 e. The summed E-state index contributed by atoms with van der Waals surface area (Å²) in [5.41, 5.74) is 18.2. The number of fused-ring (bicyclic) bond motifs is 10. The molecule has 0 saturated carbocycles. The lowest BCUT2D eigenvalue weighted by Gasteiger charge is -2.52. The Hall–Kier alpha value is -3.98. The maximum atomic E-state index is 7.14. The van der Waals surface area contributed by atoms with Crippen LogP contribution in [-0.4, -0.2) is 0 Å². The van der Waals surface area contributed by atoms with Crippen LogP contribution in [-0.2, 0) is 9.47 Å². The van der Waals surface area contributed by atoms with E-state index >= 15 is 0 Å². The van der Waals surface area contributed by atoms with Crippen LogP contribution in [0, 0.1) is 23.7 Å². The fourth-order valence-electron chi connectivity index (χ4n) is 12.5. The van der Waals surface area contributed by atoms with E-state index in [0.29, 0.717) is 47.3 Å². The van der Waals surface area contributed by atoms with Crippen LogP contribution in [0.1, 0.15) is 115 Å². The highest BCUT2D eigenvalue weighted by molar-refractivity contribution is 5.63. The Morgan fingerprint density at radius 3 is 0.682 bits per heavy atom. The lowest BCUT2D eigenvalue weighted by molar-refractivity contribution is 0.0494. The van der Waals surface area contributed by atoms with Gasteiger partial charge in [0.2, 0.25) is 0 Å². The SMILES string of the molecule is c1ccc2c(c1)C1c3ccccc3C2C2C3OC(c4cc5c(cc43)C3OC5C4C5c6ccccc6C(c6ccccc65)C34)C12. The van der Waals surface area contributed by atoms with Gasteiger partial charge in [-0.1, -0.05) is 97.1 Å². The summed E-state index contributed by atoms with van der Waals surface area (Å²) in [6.07, 6.45) is 0.662. The molecule has 0 radical (unpaired) electrons. The molecule has 8 bridgehead atoms. The number of rotatable bonds is 0. The van der Waals surface area contributed by atoms with Crippen molar-refractivity contribution in [1.29, 1.82) is 0 Å². The van der Waals surface area contributed by atoms with Crippen molar-refractivity contribution in [3.8, 4) is 0 Å². The lowest BCUT2D eigenvalue weighted by atomic mass is 9.49. The normalized spacial score (nSPS) is 38.7. The van der Waals surface area contributed by atoms with Crippen LogP contribution in [0.4, 0.5) is 0 Å². The summed E-state index contributed by atoms with van der Waals surface area (Å²) in [5.74, 6) is 3.63. The molecular formula is C42H30O2. The van der Waals surface area contributed by atoms with Crippen LogP contribution in [0.15, 0.2) is 109 Å². The summed E-state index contributed by atoms with van der Waals surface area (Å²) < 4.78 is 14.3. The maximum absolute atomic E-state index is 7.14. The standard InChI is InChI=1S/C42H30O2/c1-2-10-20-19(9-1)31-21-11-3-4-12-22(21)32(20)36-35(31)39-27-17-29-30(18-28(27)40(36)43-39)42-38-34-25-15-7-5-13-23(25)33(37(38)41(29)44-42)24-14-6-8-16-26(24)34/h1-18,31-42H. The zero-order valence-corrected chi connectivity index (χ0v) is 24.1. The van der Waals surface area contributed by atoms with Gasteiger partial charge in [-0.05, 0) is 78.9 Å². The maximum Gasteiger partial charge on any atom is 0.0878 e. The van der Waals surface area contributed by atoms with Crippen LogP contribution < -0.4 is 0 Å². The van der Waals surface area contributed by atoms with E-state index in [4.69, 9.17) is 9.47 Å². The molecule has 4 aliphatic heterocycles. The van der Waals surface area contributed by atoms with Gasteiger partial charge in [-0.3, -0.25) is 0 Å². The van der Waals surface area contributed by atoms with E-state index in [1.165, 1.54) is 66.8 Å². The summed E-state index contributed by atoms with van der Waals surface area (Å²) >= 11 is 0. The first kappa shape index (κ1) is 22.5. The third-order valence-corrected chi connectivity index (χ3v) is 13.6. The molecule has 4 heterocycles. The smallest absolute Gasteiger partial charge is 0.0878 e. The Labute approximate surface area is 256 Å². The van der Waals surface area contributed by atoms with Gasteiger partial charge in [0.25, 0.3) is 0 Å². The van der Waals surface area contributed by atoms with Crippen molar-refractivity contribution in [3.05, 3.63) is 176 Å². The van der Waals surface area contributed by atoms with Crippen molar-refractivity contribution in [2.75, 3.05) is 0 Å². The molecule has 10 aliphatic rings. The fourth-order valence-corrected chi connectivity index (χ4v) is 12.5. The van der Waals surface area contributed by atoms with Crippen molar-refractivity contribution in [3.63, 3.8) is 0 Å². The second kappa shape index (κ2) is 7.28. The molecule has 5 aromatic rings. The quantitative estimate of drug-likeness (QED) is 0.186. The van der Waals surface area contributed by atoms with Crippen LogP contribution >= 0.6 is 0 Å². The molecule has 2 fully saturated rings. The first-order valence-electron chi connectivity index (χ1n) is 16.7. The number of hydrogen-bond acceptors (Lipinski definition) is 2. The van der Waals surface area contributed by atoms with E-state index in [-0.39, 0.29) is 24.4 Å². The zero-order chi connectivity index (χ0) is 28.0. The number of ether oxygens (including phenoxy) is 2. The fraction of sp³-hybridized carbons (Fsp3) is 0.286. The first-order valence-corrected chi connectivity index (χ1v) is 16.7. The van der Waals surface area contributed by atoms with Gasteiger partial charge in [0.1, 0.15) is 0 Å². The van der Waals surface area contributed by atoms with E-state index in [0.717, 1.165) is 0 Å². The van der Waals surface area contributed by atoms with Crippen LogP contribution in [0.5, 0.6) is 0 Å². The van der Waals surface area contributed by atoms with Crippen molar-refractivity contribution < 1.29 is 9.47 Å². The van der Waals surface area contributed by atoms with Gasteiger partial charge in [-0.25, -0.2) is 0 Å². The highest BCUT2D eigenvalue weighted by Crippen LogP contribution is 2.75. The highest BCUT2D eigenvalue weighted by Gasteiger charge is 2.66. The van der Waals surface area contributed by atoms with Gasteiger partial charge in [0.15, 0.2) is 0 Å². The molecule has 6 aliphatic carbocycles. The van der Waals surface area contributed by atoms with Crippen LogP contribution in [0.25, 0.3) is 0 Å². The molecule has 0 N–H and O–H groups in total. The molecule has 0 amide bonds. The summed E-state index contributed by atoms with van der Waals surface area (Å²) in [5, 5.41) is 0. The zero-order valence-electron chi connectivity index (χ0n) is 24.1. The number of benzene rings is 5. The van der Waals surface area contributed by atoms with Crippen LogP contribution in [0.3, 0.4) is 0 Å². The summed E-state index contributed by atoms with van der Waals surface area (Å²) in [7, 11) is 0. The van der Waals surface area contributed by atoms with Crippen molar-refractivity contribution in [2.24, 2.45) is 23.7 Å². The average Bonchev–Trinajstić information content (AvgIpc) is 3.86. The molecule has 5 aromatic carbocycles. The van der Waals surface area contributed by atoms with Crippen molar-refractivity contribution >= 4 is 0 Å². The molecule has 15 rings (SSSR count). The van der Waals surface area contributed by atoms with Gasteiger partial charge >= 0.3 is 0 Å². The number of hydrogen-bond donors (Lipinski definition) is 0. The first-order chi connectivity index (χ1) is 21.9. The molecule has 2 saturated heterocycles. The molecular weight excluding hydrogens is 536 g/mol. The Bertz CT molecular complexity index is 1750. The highest BCUT2D eigenvalue weighted by atomic mass is 16.5. The van der Waals surface area contributed by atoms with E-state index in [1.807, 2.05) is 0 Å².